The van der Waals surface area contributed by atoms with Gasteiger partial charge in [0.1, 0.15) is 23.1 Å². The van der Waals surface area contributed by atoms with E-state index in [1.165, 1.54) is 12.1 Å². The van der Waals surface area contributed by atoms with Gasteiger partial charge in [0.25, 0.3) is 0 Å². The third-order valence-electron chi connectivity index (χ3n) is 4.69. The van der Waals surface area contributed by atoms with Gasteiger partial charge in [-0.1, -0.05) is 43.6 Å². The second-order valence-electron chi connectivity index (χ2n) is 7.66. The van der Waals surface area contributed by atoms with Crippen LogP contribution in [-0.2, 0) is 16.8 Å². The zero-order valence-electron chi connectivity index (χ0n) is 17.5. The van der Waals surface area contributed by atoms with E-state index in [0.717, 1.165) is 11.1 Å². The molecule has 0 aliphatic carbocycles. The summed E-state index contributed by atoms with van der Waals surface area (Å²) in [7, 11) is 0. The summed E-state index contributed by atoms with van der Waals surface area (Å²) < 4.78 is 30.3. The van der Waals surface area contributed by atoms with Gasteiger partial charge in [0.2, 0.25) is 0 Å². The second-order valence-corrected chi connectivity index (χ2v) is 8.07. The molecule has 0 saturated heterocycles. The van der Waals surface area contributed by atoms with E-state index >= 15 is 0 Å². The number of rotatable bonds is 9. The Balaban J connectivity index is 1.59. The van der Waals surface area contributed by atoms with Crippen molar-refractivity contribution in [2.24, 2.45) is 0 Å². The highest BCUT2D eigenvalue weighted by molar-refractivity contribution is 6.32. The van der Waals surface area contributed by atoms with Crippen molar-refractivity contribution >= 4 is 11.6 Å². The van der Waals surface area contributed by atoms with Crippen molar-refractivity contribution in [3.63, 3.8) is 0 Å². The van der Waals surface area contributed by atoms with Crippen molar-refractivity contribution in [1.29, 1.82) is 0 Å². The zero-order chi connectivity index (χ0) is 21.6. The van der Waals surface area contributed by atoms with E-state index in [-0.39, 0.29) is 11.2 Å². The van der Waals surface area contributed by atoms with E-state index < -0.39 is 0 Å². The van der Waals surface area contributed by atoms with Gasteiger partial charge < -0.3 is 14.2 Å². The van der Waals surface area contributed by atoms with Gasteiger partial charge in [-0.05, 0) is 66.6 Å². The van der Waals surface area contributed by atoms with Gasteiger partial charge in [-0.3, -0.25) is 0 Å². The molecule has 3 rings (SSSR count). The molecule has 3 aromatic carbocycles. The van der Waals surface area contributed by atoms with Crippen molar-refractivity contribution in [1.82, 2.24) is 0 Å². The highest BCUT2D eigenvalue weighted by Crippen LogP contribution is 2.32. The van der Waals surface area contributed by atoms with Gasteiger partial charge >= 0.3 is 0 Å². The van der Waals surface area contributed by atoms with Gasteiger partial charge in [-0.15, -0.1) is 0 Å². The fourth-order valence-corrected chi connectivity index (χ4v) is 3.27. The number of hydrogen-bond acceptors (Lipinski definition) is 3. The second kappa shape index (κ2) is 9.96. The lowest BCUT2D eigenvalue weighted by Crippen LogP contribution is -2.24. The fraction of sp³-hybridized carbons (Fsp3) is 0.280. The van der Waals surface area contributed by atoms with Gasteiger partial charge in [-0.2, -0.15) is 0 Å². The topological polar surface area (TPSA) is 27.7 Å². The monoisotopic (exact) mass is 428 g/mol. The third-order valence-corrected chi connectivity index (χ3v) is 4.99. The molecule has 0 aliphatic rings. The Hall–Kier alpha value is -2.56. The molecule has 0 heterocycles. The van der Waals surface area contributed by atoms with Crippen LogP contribution in [0.5, 0.6) is 17.2 Å². The Morgan fingerprint density at radius 3 is 2.40 bits per heavy atom. The Morgan fingerprint density at radius 2 is 1.70 bits per heavy atom. The predicted molar refractivity (Wildman–Crippen MR) is 118 cm³/mol. The number of ether oxygens (including phenoxy) is 3. The summed E-state index contributed by atoms with van der Waals surface area (Å²) in [6.45, 7) is 7.73. The molecule has 0 saturated carbocycles. The van der Waals surface area contributed by atoms with Crippen LogP contribution in [0.4, 0.5) is 4.39 Å². The van der Waals surface area contributed by atoms with Gasteiger partial charge in [0.15, 0.2) is 0 Å². The van der Waals surface area contributed by atoms with E-state index in [1.54, 1.807) is 12.1 Å². The van der Waals surface area contributed by atoms with Gasteiger partial charge in [0, 0.05) is 5.41 Å². The summed E-state index contributed by atoms with van der Waals surface area (Å²) in [5.41, 5.74) is 1.87. The smallest absolute Gasteiger partial charge is 0.137 e. The molecule has 0 aromatic heterocycles. The maximum Gasteiger partial charge on any atom is 0.137 e. The minimum atomic E-state index is -0.291. The summed E-state index contributed by atoms with van der Waals surface area (Å²) in [4.78, 5) is 0. The molecule has 158 valence electrons. The van der Waals surface area contributed by atoms with Gasteiger partial charge in [0.05, 0.1) is 24.8 Å². The van der Waals surface area contributed by atoms with E-state index in [4.69, 9.17) is 25.8 Å². The molecule has 0 spiro atoms. The fourth-order valence-electron chi connectivity index (χ4n) is 3.04. The average Bonchev–Trinajstić information content (AvgIpc) is 2.71. The average molecular weight is 429 g/mol. The maximum absolute atomic E-state index is 13.0. The zero-order valence-corrected chi connectivity index (χ0v) is 18.2. The molecule has 0 atom stereocenters. The molecule has 30 heavy (non-hydrogen) atoms. The highest BCUT2D eigenvalue weighted by atomic mass is 35.5. The number of halogens is 2. The Labute approximate surface area is 182 Å². The van der Waals surface area contributed by atoms with Crippen LogP contribution in [0.25, 0.3) is 0 Å². The summed E-state index contributed by atoms with van der Waals surface area (Å²) >= 11 is 6.34. The van der Waals surface area contributed by atoms with Crippen molar-refractivity contribution in [2.75, 3.05) is 13.2 Å². The van der Waals surface area contributed by atoms with Crippen LogP contribution < -0.4 is 9.47 Å². The van der Waals surface area contributed by atoms with Crippen molar-refractivity contribution in [3.8, 4) is 17.2 Å². The van der Waals surface area contributed by atoms with E-state index in [0.29, 0.717) is 42.1 Å². The first-order chi connectivity index (χ1) is 14.4. The number of hydrogen-bond donors (Lipinski definition) is 0. The van der Waals surface area contributed by atoms with Crippen LogP contribution in [0.3, 0.4) is 0 Å². The summed E-state index contributed by atoms with van der Waals surface area (Å²) in [5.74, 6) is 1.67. The van der Waals surface area contributed by atoms with Gasteiger partial charge in [-0.25, -0.2) is 4.39 Å². The molecule has 3 nitrogen and oxygen atoms in total. The molecular formula is C25H26ClFO3. The Morgan fingerprint density at radius 1 is 0.933 bits per heavy atom. The summed E-state index contributed by atoms with van der Waals surface area (Å²) in [5, 5.41) is 0.605. The van der Waals surface area contributed by atoms with E-state index in [9.17, 15) is 4.39 Å². The van der Waals surface area contributed by atoms with Crippen LogP contribution in [0.1, 0.15) is 31.9 Å². The van der Waals surface area contributed by atoms with Crippen molar-refractivity contribution in [3.05, 3.63) is 88.7 Å². The number of benzene rings is 3. The van der Waals surface area contributed by atoms with Crippen LogP contribution in [0, 0.1) is 5.82 Å². The first-order valence-corrected chi connectivity index (χ1v) is 10.3. The Kier molecular flexibility index (Phi) is 7.35. The van der Waals surface area contributed by atoms with Crippen LogP contribution in [0.15, 0.2) is 66.7 Å². The van der Waals surface area contributed by atoms with Crippen molar-refractivity contribution < 1.29 is 18.6 Å². The third kappa shape index (κ3) is 5.97. The largest absolute Gasteiger partial charge is 0.492 e. The molecule has 0 N–H and O–H groups in total. The Bertz CT molecular complexity index is 970. The molecule has 0 aliphatic heterocycles. The summed E-state index contributed by atoms with van der Waals surface area (Å²) in [6, 6.07) is 19.5. The molecule has 0 amide bonds. The standard InChI is InChI=1S/C25H26ClFO3/c1-4-29-24-13-8-19(15-23(24)26)25(2,3)17-28-16-18-6-5-7-22(14-18)30-21-11-9-20(27)10-12-21/h5-15H,4,16-17H2,1-3H3. The van der Waals surface area contributed by atoms with E-state index in [1.807, 2.05) is 49.4 Å². The molecular weight excluding hydrogens is 403 g/mol. The maximum atomic E-state index is 13.0. The predicted octanol–water partition coefficient (Wildman–Crippen LogP) is 7.16. The molecule has 0 fully saturated rings. The molecule has 3 aromatic rings. The minimum Gasteiger partial charge on any atom is -0.492 e. The first kappa shape index (κ1) is 22.1. The van der Waals surface area contributed by atoms with Crippen LogP contribution >= 0.6 is 11.6 Å². The highest BCUT2D eigenvalue weighted by Gasteiger charge is 2.22. The quantitative estimate of drug-likeness (QED) is 0.361. The van der Waals surface area contributed by atoms with Crippen molar-refractivity contribution in [2.45, 2.75) is 32.8 Å². The lowest BCUT2D eigenvalue weighted by molar-refractivity contribution is 0.0824. The SMILES string of the molecule is CCOc1ccc(C(C)(C)COCc2cccc(Oc3ccc(F)cc3)c2)cc1Cl. The lowest BCUT2D eigenvalue weighted by atomic mass is 9.85. The molecule has 0 bridgehead atoms. The molecule has 0 radical (unpaired) electrons. The minimum absolute atomic E-state index is 0.212. The normalized spacial score (nSPS) is 11.4. The van der Waals surface area contributed by atoms with Crippen LogP contribution in [0.2, 0.25) is 5.02 Å². The lowest BCUT2D eigenvalue weighted by Gasteiger charge is -2.26. The summed E-state index contributed by atoms with van der Waals surface area (Å²) in [6.07, 6.45) is 0. The molecule has 5 heteroatoms. The molecule has 0 unspecified atom stereocenters. The van der Waals surface area contributed by atoms with E-state index in [2.05, 4.69) is 13.8 Å². The first-order valence-electron chi connectivity index (χ1n) is 9.90. The van der Waals surface area contributed by atoms with Crippen LogP contribution in [-0.4, -0.2) is 13.2 Å².